The number of H-pyrrole nitrogens is 1. The molecule has 0 saturated heterocycles. The Hall–Kier alpha value is -2.90. The second-order valence-corrected chi connectivity index (χ2v) is 7.29. The first-order chi connectivity index (χ1) is 13.9. The minimum atomic E-state index is -0.151. The van der Waals surface area contributed by atoms with Crippen molar-refractivity contribution < 1.29 is 9.84 Å². The van der Waals surface area contributed by atoms with Gasteiger partial charge in [-0.25, -0.2) is 0 Å². The van der Waals surface area contributed by atoms with Gasteiger partial charge in [-0.1, -0.05) is 12.1 Å². The number of nitrogens with one attached hydrogen (secondary N) is 2. The maximum absolute atomic E-state index is 12.7. The predicted octanol–water partition coefficient (Wildman–Crippen LogP) is 3.34. The van der Waals surface area contributed by atoms with Gasteiger partial charge in [-0.05, 0) is 72.9 Å². The van der Waals surface area contributed by atoms with Crippen LogP contribution in [0.25, 0.3) is 10.9 Å². The van der Waals surface area contributed by atoms with Crippen molar-refractivity contribution in [3.63, 3.8) is 0 Å². The molecule has 0 bridgehead atoms. The van der Waals surface area contributed by atoms with E-state index in [1.807, 2.05) is 56.3 Å². The molecule has 0 fully saturated rings. The van der Waals surface area contributed by atoms with Crippen molar-refractivity contribution in [2.24, 2.45) is 0 Å². The summed E-state index contributed by atoms with van der Waals surface area (Å²) in [6.07, 6.45) is 0. The van der Waals surface area contributed by atoms with Crippen LogP contribution in [0.15, 0.2) is 47.3 Å². The molecule has 6 nitrogen and oxygen atoms in total. The van der Waals surface area contributed by atoms with Gasteiger partial charge in [0.25, 0.3) is 5.56 Å². The molecule has 0 unspecified atom stereocenters. The Labute approximate surface area is 175 Å². The molecule has 3 N–H and O–H groups in total. The lowest BCUT2D eigenvalue weighted by Crippen LogP contribution is -2.37. The zero-order valence-corrected chi connectivity index (χ0v) is 17.6. The number of pyridine rings is 1. The number of aliphatic hydroxyl groups excluding tert-OH is 1. The quantitative estimate of drug-likeness (QED) is 0.540. The lowest BCUT2D eigenvalue weighted by atomic mass is 10.0. The van der Waals surface area contributed by atoms with E-state index in [1.54, 1.807) is 12.0 Å². The molecule has 3 rings (SSSR count). The van der Waals surface area contributed by atoms with Gasteiger partial charge in [0.2, 0.25) is 0 Å². The zero-order chi connectivity index (χ0) is 21.0. The number of thiocarbonyl (C=S) groups is 1. The second kappa shape index (κ2) is 9.07. The van der Waals surface area contributed by atoms with Crippen molar-refractivity contribution >= 4 is 33.9 Å². The average molecular weight is 412 g/mol. The molecule has 0 saturated carbocycles. The van der Waals surface area contributed by atoms with Gasteiger partial charge in [-0.15, -0.1) is 0 Å². The summed E-state index contributed by atoms with van der Waals surface area (Å²) in [4.78, 5) is 17.4. The van der Waals surface area contributed by atoms with Crippen molar-refractivity contribution in [2.75, 3.05) is 25.6 Å². The maximum atomic E-state index is 12.7. The predicted molar refractivity (Wildman–Crippen MR) is 121 cm³/mol. The summed E-state index contributed by atoms with van der Waals surface area (Å²) in [6.45, 7) is 4.55. The van der Waals surface area contributed by atoms with Gasteiger partial charge in [0, 0.05) is 17.8 Å². The summed E-state index contributed by atoms with van der Waals surface area (Å²) < 4.78 is 5.16. The van der Waals surface area contributed by atoms with E-state index in [-0.39, 0.29) is 12.2 Å². The third-order valence-corrected chi connectivity index (χ3v) is 5.35. The normalized spacial score (nSPS) is 10.8. The van der Waals surface area contributed by atoms with Crippen molar-refractivity contribution in [2.45, 2.75) is 20.4 Å². The molecule has 152 valence electrons. The fourth-order valence-electron chi connectivity index (χ4n) is 3.14. The molecule has 29 heavy (non-hydrogen) atoms. The highest BCUT2D eigenvalue weighted by atomic mass is 32.1. The number of nitrogens with zero attached hydrogens (tertiary/aromatic N) is 1. The summed E-state index contributed by atoms with van der Waals surface area (Å²) in [5, 5.41) is 14.0. The smallest absolute Gasteiger partial charge is 0.253 e. The SMILES string of the molecule is COc1ccc(NC(=S)N(CCO)Cc2cc3ccc(C)c(C)c3[nH]c2=O)cc1. The molecule has 0 spiro atoms. The van der Waals surface area contributed by atoms with Crippen LogP contribution in [0.4, 0.5) is 5.69 Å². The van der Waals surface area contributed by atoms with Crippen LogP contribution < -0.4 is 15.6 Å². The Morgan fingerprint density at radius 1 is 1.21 bits per heavy atom. The number of benzene rings is 2. The van der Waals surface area contributed by atoms with Crippen LogP contribution in [0.2, 0.25) is 0 Å². The van der Waals surface area contributed by atoms with E-state index in [4.69, 9.17) is 17.0 Å². The van der Waals surface area contributed by atoms with Crippen LogP contribution in [-0.2, 0) is 6.54 Å². The zero-order valence-electron chi connectivity index (χ0n) is 16.8. The number of aliphatic hydroxyl groups is 1. The summed E-state index contributed by atoms with van der Waals surface area (Å²) in [5.74, 6) is 0.752. The minimum absolute atomic E-state index is 0.0752. The minimum Gasteiger partial charge on any atom is -0.497 e. The Morgan fingerprint density at radius 2 is 1.93 bits per heavy atom. The third kappa shape index (κ3) is 4.75. The van der Waals surface area contributed by atoms with Crippen molar-refractivity contribution in [3.8, 4) is 5.75 Å². The molecule has 2 aromatic carbocycles. The molecule has 7 heteroatoms. The number of ether oxygens (including phenoxy) is 1. The van der Waals surface area contributed by atoms with E-state index in [0.717, 1.165) is 33.5 Å². The Balaban J connectivity index is 1.84. The van der Waals surface area contributed by atoms with Gasteiger partial charge in [-0.3, -0.25) is 4.79 Å². The van der Waals surface area contributed by atoms with Gasteiger partial charge in [0.1, 0.15) is 5.75 Å². The topological polar surface area (TPSA) is 77.6 Å². The van der Waals surface area contributed by atoms with Gasteiger partial charge >= 0.3 is 0 Å². The molecule has 0 aliphatic carbocycles. The Morgan fingerprint density at radius 3 is 2.59 bits per heavy atom. The number of aromatic amines is 1. The standard InChI is InChI=1S/C22H25N3O3S/c1-14-4-5-16-12-17(21(27)24-20(16)15(14)2)13-25(10-11-26)22(29)23-18-6-8-19(28-3)9-7-18/h4-9,12,26H,10-11,13H2,1-3H3,(H,23,29)(H,24,27). The lowest BCUT2D eigenvalue weighted by Gasteiger charge is -2.25. The fraction of sp³-hybridized carbons (Fsp3) is 0.273. The highest BCUT2D eigenvalue weighted by Gasteiger charge is 2.14. The van der Waals surface area contributed by atoms with Gasteiger partial charge < -0.3 is 25.0 Å². The molecule has 0 aliphatic heterocycles. The third-order valence-electron chi connectivity index (χ3n) is 4.99. The molecular formula is C22H25N3O3S. The monoisotopic (exact) mass is 411 g/mol. The first-order valence-electron chi connectivity index (χ1n) is 9.36. The maximum Gasteiger partial charge on any atom is 0.253 e. The summed E-state index contributed by atoms with van der Waals surface area (Å²) in [6, 6.07) is 13.3. The number of fused-ring (bicyclic) bond motifs is 1. The van der Waals surface area contributed by atoms with Crippen LogP contribution in [0, 0.1) is 13.8 Å². The van der Waals surface area contributed by atoms with E-state index in [0.29, 0.717) is 23.8 Å². The number of hydrogen-bond acceptors (Lipinski definition) is 4. The highest BCUT2D eigenvalue weighted by molar-refractivity contribution is 7.80. The second-order valence-electron chi connectivity index (χ2n) is 6.90. The van der Waals surface area contributed by atoms with E-state index < -0.39 is 0 Å². The number of aryl methyl sites for hydroxylation is 2. The average Bonchev–Trinajstić information content (AvgIpc) is 2.72. The molecule has 0 atom stereocenters. The summed E-state index contributed by atoms with van der Waals surface area (Å²) in [5.41, 5.74) is 4.29. The van der Waals surface area contributed by atoms with Crippen LogP contribution >= 0.6 is 12.2 Å². The molecule has 1 aromatic heterocycles. The number of methoxy groups -OCH3 is 1. The van der Waals surface area contributed by atoms with Crippen molar-refractivity contribution in [1.29, 1.82) is 0 Å². The fourth-order valence-corrected chi connectivity index (χ4v) is 3.42. The number of rotatable bonds is 6. The summed E-state index contributed by atoms with van der Waals surface area (Å²) in [7, 11) is 1.61. The van der Waals surface area contributed by atoms with E-state index >= 15 is 0 Å². The number of aromatic nitrogens is 1. The van der Waals surface area contributed by atoms with Gasteiger partial charge in [0.15, 0.2) is 5.11 Å². The van der Waals surface area contributed by atoms with Crippen LogP contribution in [0.3, 0.4) is 0 Å². The summed E-state index contributed by atoms with van der Waals surface area (Å²) >= 11 is 5.52. The molecular weight excluding hydrogens is 386 g/mol. The van der Waals surface area contributed by atoms with E-state index in [2.05, 4.69) is 10.3 Å². The first kappa shape index (κ1) is 20.8. The first-order valence-corrected chi connectivity index (χ1v) is 9.76. The van der Waals surface area contributed by atoms with Gasteiger partial charge in [0.05, 0.1) is 25.8 Å². The van der Waals surface area contributed by atoms with E-state index in [1.165, 1.54) is 0 Å². The van der Waals surface area contributed by atoms with Crippen molar-refractivity contribution in [1.82, 2.24) is 9.88 Å². The largest absolute Gasteiger partial charge is 0.497 e. The van der Waals surface area contributed by atoms with Crippen LogP contribution in [0.5, 0.6) is 5.75 Å². The Bertz CT molecular complexity index is 1080. The lowest BCUT2D eigenvalue weighted by molar-refractivity contribution is 0.248. The Kier molecular flexibility index (Phi) is 6.51. The molecule has 3 aromatic rings. The van der Waals surface area contributed by atoms with E-state index in [9.17, 15) is 9.90 Å². The molecule has 0 amide bonds. The highest BCUT2D eigenvalue weighted by Crippen LogP contribution is 2.20. The van der Waals surface area contributed by atoms with Crippen molar-refractivity contribution in [3.05, 3.63) is 69.5 Å². The molecule has 0 radical (unpaired) electrons. The van der Waals surface area contributed by atoms with Crippen LogP contribution in [0.1, 0.15) is 16.7 Å². The molecule has 1 heterocycles. The van der Waals surface area contributed by atoms with Crippen LogP contribution in [-0.4, -0.2) is 40.4 Å². The number of anilines is 1. The number of hydrogen-bond donors (Lipinski definition) is 3. The van der Waals surface area contributed by atoms with Gasteiger partial charge in [-0.2, -0.15) is 0 Å². The molecule has 0 aliphatic rings.